The summed E-state index contributed by atoms with van der Waals surface area (Å²) in [6.07, 6.45) is 1.60. The van der Waals surface area contributed by atoms with Gasteiger partial charge in [0, 0.05) is 5.39 Å². The quantitative estimate of drug-likeness (QED) is 0.689. The number of ether oxygens (including phenoxy) is 1. The van der Waals surface area contributed by atoms with Crippen LogP contribution < -0.4 is 0 Å². The normalized spacial score (nSPS) is 11.7. The van der Waals surface area contributed by atoms with Gasteiger partial charge in [-0.15, -0.1) is 0 Å². The summed E-state index contributed by atoms with van der Waals surface area (Å²) in [4.78, 5) is 11.8. The topological polar surface area (TPSA) is 39.4 Å². The third-order valence-corrected chi connectivity index (χ3v) is 2.09. The lowest BCUT2D eigenvalue weighted by Crippen LogP contribution is -2.23. The first-order valence-corrected chi connectivity index (χ1v) is 5.16. The second kappa shape index (κ2) is 3.67. The maximum absolute atomic E-state index is 11.8. The Labute approximate surface area is 94.0 Å². The van der Waals surface area contributed by atoms with Crippen LogP contribution in [-0.4, -0.2) is 11.6 Å². The number of esters is 1. The zero-order valence-corrected chi connectivity index (χ0v) is 9.61. The summed E-state index contributed by atoms with van der Waals surface area (Å²) in [5.74, 6) is -0.310. The average molecular weight is 218 g/mol. The van der Waals surface area contributed by atoms with E-state index in [1.807, 2.05) is 26.8 Å². The van der Waals surface area contributed by atoms with E-state index in [0.29, 0.717) is 5.56 Å². The van der Waals surface area contributed by atoms with E-state index >= 15 is 0 Å². The monoisotopic (exact) mass is 218 g/mol. The van der Waals surface area contributed by atoms with Gasteiger partial charge in [0.05, 0.1) is 11.8 Å². The molecule has 0 aliphatic rings. The molecule has 3 nitrogen and oxygen atoms in total. The molecule has 0 spiro atoms. The smallest absolute Gasteiger partial charge is 0.338 e. The summed E-state index contributed by atoms with van der Waals surface area (Å²) in [7, 11) is 0. The molecule has 84 valence electrons. The Morgan fingerprint density at radius 1 is 1.25 bits per heavy atom. The highest BCUT2D eigenvalue weighted by atomic mass is 16.6. The second-order valence-corrected chi connectivity index (χ2v) is 4.68. The van der Waals surface area contributed by atoms with E-state index in [0.717, 1.165) is 11.0 Å². The summed E-state index contributed by atoms with van der Waals surface area (Å²) in [5.41, 5.74) is 0.846. The molecule has 0 bridgehead atoms. The fourth-order valence-corrected chi connectivity index (χ4v) is 1.43. The molecule has 0 aliphatic carbocycles. The molecule has 3 heteroatoms. The van der Waals surface area contributed by atoms with Crippen LogP contribution in [0.5, 0.6) is 0 Å². The molecular weight excluding hydrogens is 204 g/mol. The lowest BCUT2D eigenvalue weighted by Gasteiger charge is -2.19. The van der Waals surface area contributed by atoms with Crippen molar-refractivity contribution in [2.45, 2.75) is 26.4 Å². The molecule has 0 fully saturated rings. The summed E-state index contributed by atoms with van der Waals surface area (Å²) in [5, 5.41) is 0.906. The van der Waals surface area contributed by atoms with E-state index in [9.17, 15) is 4.79 Å². The Kier molecular flexibility index (Phi) is 2.46. The van der Waals surface area contributed by atoms with Gasteiger partial charge in [-0.1, -0.05) is 0 Å². The average Bonchev–Trinajstić information content (AvgIpc) is 2.61. The maximum Gasteiger partial charge on any atom is 0.338 e. The number of carbonyl (C=O) groups is 1. The first-order chi connectivity index (χ1) is 7.46. The number of carbonyl (C=O) groups excluding carboxylic acids is 1. The van der Waals surface area contributed by atoms with Crippen LogP contribution >= 0.6 is 0 Å². The molecular formula is C13H14O3. The van der Waals surface area contributed by atoms with Crippen LogP contribution in [0.2, 0.25) is 0 Å². The summed E-state index contributed by atoms with van der Waals surface area (Å²) >= 11 is 0. The van der Waals surface area contributed by atoms with E-state index in [-0.39, 0.29) is 5.97 Å². The van der Waals surface area contributed by atoms with Crippen molar-refractivity contribution in [3.63, 3.8) is 0 Å². The third kappa shape index (κ3) is 2.24. The lowest BCUT2D eigenvalue weighted by atomic mass is 10.1. The fraction of sp³-hybridized carbons (Fsp3) is 0.308. The molecule has 16 heavy (non-hydrogen) atoms. The van der Waals surface area contributed by atoms with Crippen LogP contribution in [0.3, 0.4) is 0 Å². The minimum Gasteiger partial charge on any atom is -0.464 e. The molecule has 0 saturated heterocycles. The zero-order valence-electron chi connectivity index (χ0n) is 9.61. The molecule has 0 N–H and O–H groups in total. The fourth-order valence-electron chi connectivity index (χ4n) is 1.43. The van der Waals surface area contributed by atoms with Gasteiger partial charge in [-0.3, -0.25) is 0 Å². The van der Waals surface area contributed by atoms with Crippen molar-refractivity contribution in [1.29, 1.82) is 0 Å². The largest absolute Gasteiger partial charge is 0.464 e. The Morgan fingerprint density at radius 3 is 2.69 bits per heavy atom. The molecule has 0 radical (unpaired) electrons. The molecule has 0 saturated carbocycles. The lowest BCUT2D eigenvalue weighted by molar-refractivity contribution is 0.00697. The van der Waals surface area contributed by atoms with Crippen molar-refractivity contribution in [1.82, 2.24) is 0 Å². The van der Waals surface area contributed by atoms with Gasteiger partial charge in [0.25, 0.3) is 0 Å². The van der Waals surface area contributed by atoms with Gasteiger partial charge in [-0.25, -0.2) is 4.79 Å². The number of rotatable bonds is 1. The zero-order chi connectivity index (χ0) is 11.8. The minimum absolute atomic E-state index is 0.310. The standard InChI is InChI=1S/C13H14O3/c1-13(2,3)16-12(14)10-4-5-11-9(8-10)6-7-15-11/h4-8H,1-3H3. The second-order valence-electron chi connectivity index (χ2n) is 4.68. The maximum atomic E-state index is 11.8. The first kappa shape index (κ1) is 10.7. The first-order valence-electron chi connectivity index (χ1n) is 5.16. The molecule has 0 amide bonds. The SMILES string of the molecule is CC(C)(C)OC(=O)c1ccc2occc2c1. The van der Waals surface area contributed by atoms with Gasteiger partial charge in [-0.2, -0.15) is 0 Å². The summed E-state index contributed by atoms with van der Waals surface area (Å²) in [6, 6.07) is 7.07. The Bertz CT molecular complexity index is 517. The summed E-state index contributed by atoms with van der Waals surface area (Å²) in [6.45, 7) is 5.55. The number of benzene rings is 1. The van der Waals surface area contributed by atoms with E-state index in [2.05, 4.69) is 0 Å². The van der Waals surface area contributed by atoms with Crippen LogP contribution in [0, 0.1) is 0 Å². The number of furan rings is 1. The van der Waals surface area contributed by atoms with Crippen LogP contribution in [0.1, 0.15) is 31.1 Å². The van der Waals surface area contributed by atoms with Gasteiger partial charge >= 0.3 is 5.97 Å². The van der Waals surface area contributed by atoms with Gasteiger partial charge in [0.15, 0.2) is 0 Å². The predicted molar refractivity (Wildman–Crippen MR) is 61.4 cm³/mol. The van der Waals surface area contributed by atoms with Crippen molar-refractivity contribution in [3.8, 4) is 0 Å². The molecule has 1 aromatic heterocycles. The third-order valence-electron chi connectivity index (χ3n) is 2.09. The van der Waals surface area contributed by atoms with Gasteiger partial charge in [0.1, 0.15) is 11.2 Å². The van der Waals surface area contributed by atoms with E-state index in [1.165, 1.54) is 0 Å². The number of fused-ring (bicyclic) bond motifs is 1. The molecule has 1 aromatic carbocycles. The van der Waals surface area contributed by atoms with Crippen molar-refractivity contribution in [2.75, 3.05) is 0 Å². The van der Waals surface area contributed by atoms with Crippen molar-refractivity contribution < 1.29 is 13.9 Å². The van der Waals surface area contributed by atoms with Gasteiger partial charge in [-0.05, 0) is 45.0 Å². The van der Waals surface area contributed by atoms with Crippen molar-refractivity contribution in [3.05, 3.63) is 36.1 Å². The highest BCUT2D eigenvalue weighted by Crippen LogP contribution is 2.19. The van der Waals surface area contributed by atoms with Crippen LogP contribution in [-0.2, 0) is 4.74 Å². The highest BCUT2D eigenvalue weighted by molar-refractivity contribution is 5.94. The molecule has 2 rings (SSSR count). The van der Waals surface area contributed by atoms with Crippen molar-refractivity contribution in [2.24, 2.45) is 0 Å². The van der Waals surface area contributed by atoms with Crippen LogP contribution in [0.25, 0.3) is 11.0 Å². The molecule has 0 aliphatic heterocycles. The van der Waals surface area contributed by atoms with Gasteiger partial charge in [0.2, 0.25) is 0 Å². The molecule has 0 atom stereocenters. The minimum atomic E-state index is -0.470. The Morgan fingerprint density at radius 2 is 2.00 bits per heavy atom. The molecule has 2 aromatic rings. The molecule has 0 unspecified atom stereocenters. The number of hydrogen-bond acceptors (Lipinski definition) is 3. The van der Waals surface area contributed by atoms with E-state index < -0.39 is 5.60 Å². The predicted octanol–water partition coefficient (Wildman–Crippen LogP) is 3.39. The Balaban J connectivity index is 2.29. The van der Waals surface area contributed by atoms with E-state index in [4.69, 9.17) is 9.15 Å². The van der Waals surface area contributed by atoms with Crippen molar-refractivity contribution >= 4 is 16.9 Å². The molecule has 1 heterocycles. The van der Waals surface area contributed by atoms with Gasteiger partial charge < -0.3 is 9.15 Å². The van der Waals surface area contributed by atoms with E-state index in [1.54, 1.807) is 24.5 Å². The highest BCUT2D eigenvalue weighted by Gasteiger charge is 2.18. The van der Waals surface area contributed by atoms with Crippen LogP contribution in [0.4, 0.5) is 0 Å². The summed E-state index contributed by atoms with van der Waals surface area (Å²) < 4.78 is 10.5. The van der Waals surface area contributed by atoms with Crippen LogP contribution in [0.15, 0.2) is 34.9 Å². The Hall–Kier alpha value is -1.77. The number of hydrogen-bond donors (Lipinski definition) is 0.